The molecule has 0 saturated heterocycles. The molecule has 0 unspecified atom stereocenters. The molecule has 4 nitrogen and oxygen atoms in total. The van der Waals surface area contributed by atoms with E-state index in [1.54, 1.807) is 19.1 Å². The molecule has 0 radical (unpaired) electrons. The number of hydrogen-bond acceptors (Lipinski definition) is 2. The quantitative estimate of drug-likeness (QED) is 0.946. The molecule has 0 bridgehead atoms. The Balaban J connectivity index is 2.13. The van der Waals surface area contributed by atoms with Crippen LogP contribution in [-0.2, 0) is 11.3 Å². The molecule has 0 fully saturated rings. The van der Waals surface area contributed by atoms with Crippen LogP contribution >= 0.6 is 11.6 Å². The largest absolute Gasteiger partial charge is 0.324 e. The molecule has 2 rings (SSSR count). The molecular weight excluding hydrogens is 283 g/mol. The summed E-state index contributed by atoms with van der Waals surface area (Å²) in [5.41, 5.74) is 0.810. The van der Waals surface area contributed by atoms with Crippen LogP contribution in [0.3, 0.4) is 0 Å². The van der Waals surface area contributed by atoms with Gasteiger partial charge in [0.2, 0.25) is 5.91 Å². The van der Waals surface area contributed by atoms with Gasteiger partial charge in [-0.25, -0.2) is 4.39 Å². The summed E-state index contributed by atoms with van der Waals surface area (Å²) in [5.74, 6) is -0.941. The van der Waals surface area contributed by atoms with Crippen LogP contribution in [0.15, 0.2) is 41.2 Å². The van der Waals surface area contributed by atoms with Crippen molar-refractivity contribution in [3.05, 3.63) is 63.3 Å². The zero-order valence-corrected chi connectivity index (χ0v) is 11.4. The van der Waals surface area contributed by atoms with Crippen LogP contribution in [0.4, 0.5) is 10.1 Å². The van der Waals surface area contributed by atoms with E-state index in [0.717, 1.165) is 6.07 Å². The van der Waals surface area contributed by atoms with Crippen molar-refractivity contribution in [2.45, 2.75) is 13.5 Å². The zero-order valence-electron chi connectivity index (χ0n) is 10.7. The lowest BCUT2D eigenvalue weighted by atomic mass is 10.3. The summed E-state index contributed by atoms with van der Waals surface area (Å²) < 4.78 is 14.3. The predicted octanol–water partition coefficient (Wildman–Crippen LogP) is 2.59. The van der Waals surface area contributed by atoms with Crippen molar-refractivity contribution in [2.24, 2.45) is 0 Å². The molecule has 20 heavy (non-hydrogen) atoms. The van der Waals surface area contributed by atoms with Gasteiger partial charge in [-0.3, -0.25) is 9.59 Å². The smallest absolute Gasteiger partial charge is 0.251 e. The number of aromatic nitrogens is 1. The first-order valence-electron chi connectivity index (χ1n) is 5.89. The summed E-state index contributed by atoms with van der Waals surface area (Å²) >= 11 is 5.63. The second kappa shape index (κ2) is 5.88. The highest BCUT2D eigenvalue weighted by molar-refractivity contribution is 6.31. The zero-order chi connectivity index (χ0) is 14.7. The highest BCUT2D eigenvalue weighted by atomic mass is 35.5. The average molecular weight is 295 g/mol. The number of benzene rings is 1. The van der Waals surface area contributed by atoms with Crippen LogP contribution in [0.1, 0.15) is 5.69 Å². The highest BCUT2D eigenvalue weighted by Crippen LogP contribution is 2.19. The molecule has 0 aliphatic carbocycles. The van der Waals surface area contributed by atoms with Crippen molar-refractivity contribution in [3.63, 3.8) is 0 Å². The summed E-state index contributed by atoms with van der Waals surface area (Å²) in [6, 6.07) is 8.64. The van der Waals surface area contributed by atoms with Gasteiger partial charge in [-0.15, -0.1) is 0 Å². The van der Waals surface area contributed by atoms with E-state index in [2.05, 4.69) is 5.32 Å². The Kier molecular flexibility index (Phi) is 4.20. The number of anilines is 1. The summed E-state index contributed by atoms with van der Waals surface area (Å²) in [6.07, 6.45) is 0. The van der Waals surface area contributed by atoms with Crippen molar-refractivity contribution in [1.29, 1.82) is 0 Å². The predicted molar refractivity (Wildman–Crippen MR) is 75.5 cm³/mol. The Morgan fingerprint density at radius 1 is 1.35 bits per heavy atom. The van der Waals surface area contributed by atoms with Gasteiger partial charge in [0.1, 0.15) is 12.4 Å². The number of aryl methyl sites for hydroxylation is 1. The Morgan fingerprint density at radius 2 is 2.10 bits per heavy atom. The lowest BCUT2D eigenvalue weighted by molar-refractivity contribution is -0.116. The second-order valence-electron chi connectivity index (χ2n) is 4.27. The van der Waals surface area contributed by atoms with Crippen molar-refractivity contribution < 1.29 is 9.18 Å². The number of pyridine rings is 1. The average Bonchev–Trinajstić information content (AvgIpc) is 2.38. The fraction of sp³-hybridized carbons (Fsp3) is 0.143. The van der Waals surface area contributed by atoms with Gasteiger partial charge in [0.05, 0.1) is 5.02 Å². The minimum Gasteiger partial charge on any atom is -0.324 e. The van der Waals surface area contributed by atoms with E-state index in [4.69, 9.17) is 11.6 Å². The minimum atomic E-state index is -0.556. The number of carbonyl (C=O) groups excluding carboxylic acids is 1. The molecule has 1 aromatic heterocycles. The van der Waals surface area contributed by atoms with Crippen LogP contribution in [0, 0.1) is 12.7 Å². The molecule has 1 aromatic carbocycles. The van der Waals surface area contributed by atoms with E-state index in [9.17, 15) is 14.0 Å². The van der Waals surface area contributed by atoms with Crippen LogP contribution in [-0.4, -0.2) is 10.5 Å². The molecule has 0 aliphatic rings. The number of halogens is 2. The minimum absolute atomic E-state index is 0.0733. The Bertz CT molecular complexity index is 713. The molecule has 2 aromatic rings. The van der Waals surface area contributed by atoms with Crippen LogP contribution < -0.4 is 10.9 Å². The topological polar surface area (TPSA) is 51.1 Å². The van der Waals surface area contributed by atoms with Gasteiger partial charge in [0.25, 0.3) is 5.56 Å². The van der Waals surface area contributed by atoms with Gasteiger partial charge in [0.15, 0.2) is 0 Å². The SMILES string of the molecule is Cc1cccc(=O)n1CC(=O)Nc1ccc(F)c(Cl)c1. The van der Waals surface area contributed by atoms with Crippen LogP contribution in [0.5, 0.6) is 0 Å². The van der Waals surface area contributed by atoms with Crippen molar-refractivity contribution >= 4 is 23.2 Å². The first kappa shape index (κ1) is 14.3. The van der Waals surface area contributed by atoms with Gasteiger partial charge < -0.3 is 9.88 Å². The Morgan fingerprint density at radius 3 is 2.75 bits per heavy atom. The number of rotatable bonds is 3. The van der Waals surface area contributed by atoms with Crippen LogP contribution in [0.25, 0.3) is 0 Å². The molecule has 104 valence electrons. The number of carbonyl (C=O) groups is 1. The molecule has 0 spiro atoms. The standard InChI is InChI=1S/C14H12ClFN2O2/c1-9-3-2-4-14(20)18(9)8-13(19)17-10-5-6-12(16)11(15)7-10/h2-7H,8H2,1H3,(H,17,19). The van der Waals surface area contributed by atoms with Crippen molar-refractivity contribution in [1.82, 2.24) is 4.57 Å². The maximum Gasteiger partial charge on any atom is 0.251 e. The van der Waals surface area contributed by atoms with Gasteiger partial charge in [-0.2, -0.15) is 0 Å². The molecule has 0 aliphatic heterocycles. The van der Waals surface area contributed by atoms with Gasteiger partial charge >= 0.3 is 0 Å². The van der Waals surface area contributed by atoms with E-state index < -0.39 is 5.82 Å². The molecule has 1 N–H and O–H groups in total. The number of hydrogen-bond donors (Lipinski definition) is 1. The third-order valence-electron chi connectivity index (χ3n) is 2.77. The second-order valence-corrected chi connectivity index (χ2v) is 4.68. The van der Waals surface area contributed by atoms with Gasteiger partial charge in [-0.1, -0.05) is 17.7 Å². The number of nitrogens with zero attached hydrogens (tertiary/aromatic N) is 1. The summed E-state index contributed by atoms with van der Waals surface area (Å²) in [4.78, 5) is 23.5. The maximum atomic E-state index is 13.0. The molecular formula is C14H12ClFN2O2. The van der Waals surface area contributed by atoms with E-state index in [1.165, 1.54) is 22.8 Å². The monoisotopic (exact) mass is 294 g/mol. The van der Waals surface area contributed by atoms with Crippen molar-refractivity contribution in [3.8, 4) is 0 Å². The third-order valence-corrected chi connectivity index (χ3v) is 3.06. The third kappa shape index (κ3) is 3.24. The number of amides is 1. The van der Waals surface area contributed by atoms with Crippen LogP contribution in [0.2, 0.25) is 5.02 Å². The number of nitrogens with one attached hydrogen (secondary N) is 1. The molecule has 0 saturated carbocycles. The summed E-state index contributed by atoms with van der Waals surface area (Å²) in [7, 11) is 0. The van der Waals surface area contributed by atoms with E-state index >= 15 is 0 Å². The maximum absolute atomic E-state index is 13.0. The van der Waals surface area contributed by atoms with E-state index in [1.807, 2.05) is 0 Å². The Labute approximate surface area is 119 Å². The first-order valence-corrected chi connectivity index (χ1v) is 6.26. The van der Waals surface area contributed by atoms with Gasteiger partial charge in [0, 0.05) is 17.4 Å². The molecule has 1 amide bonds. The lowest BCUT2D eigenvalue weighted by Crippen LogP contribution is -2.28. The molecule has 6 heteroatoms. The molecule has 1 heterocycles. The Hall–Kier alpha value is -2.14. The van der Waals surface area contributed by atoms with E-state index in [0.29, 0.717) is 11.4 Å². The first-order chi connectivity index (χ1) is 9.47. The summed E-state index contributed by atoms with van der Waals surface area (Å²) in [6.45, 7) is 1.63. The normalized spacial score (nSPS) is 10.3. The fourth-order valence-corrected chi connectivity index (χ4v) is 1.92. The van der Waals surface area contributed by atoms with Crippen molar-refractivity contribution in [2.75, 3.05) is 5.32 Å². The highest BCUT2D eigenvalue weighted by Gasteiger charge is 2.08. The fourth-order valence-electron chi connectivity index (χ4n) is 1.74. The summed E-state index contributed by atoms with van der Waals surface area (Å²) in [5, 5.41) is 2.49. The van der Waals surface area contributed by atoms with Gasteiger partial charge in [-0.05, 0) is 31.2 Å². The lowest BCUT2D eigenvalue weighted by Gasteiger charge is -2.10. The van der Waals surface area contributed by atoms with E-state index in [-0.39, 0.29) is 23.0 Å². The molecule has 0 atom stereocenters.